The van der Waals surface area contributed by atoms with Gasteiger partial charge < -0.3 is 4.74 Å². The first-order valence-corrected chi connectivity index (χ1v) is 6.83. The summed E-state index contributed by atoms with van der Waals surface area (Å²) < 4.78 is 4.74. The predicted octanol–water partition coefficient (Wildman–Crippen LogP) is 2.48. The fourth-order valence-corrected chi connectivity index (χ4v) is 2.28. The maximum absolute atomic E-state index is 11.5. The summed E-state index contributed by atoms with van der Waals surface area (Å²) in [5.74, 6) is -0.270. The van der Waals surface area contributed by atoms with Crippen LogP contribution in [0.1, 0.15) is 45.3 Å². The van der Waals surface area contributed by atoms with Gasteiger partial charge in [-0.2, -0.15) is 0 Å². The lowest BCUT2D eigenvalue weighted by Gasteiger charge is -2.22. The van der Waals surface area contributed by atoms with Gasteiger partial charge in [-0.15, -0.1) is 11.3 Å². The number of hydrogen-bond donors (Lipinski definition) is 1. The number of aromatic nitrogens is 1. The number of ether oxygens (including phenoxy) is 1. The zero-order chi connectivity index (χ0) is 14.0. The second-order valence-electron chi connectivity index (χ2n) is 5.86. The summed E-state index contributed by atoms with van der Waals surface area (Å²) in [6.07, 6.45) is 0. The first-order chi connectivity index (χ1) is 8.16. The fraction of sp³-hybridized carbons (Fsp3) is 0.692. The standard InChI is InChI=1S/C13H22N2O2S/c1-12(2,3)10-15-9(8-18-10)7-14-13(4,5)11(16)17-6/h8,14H,7H2,1-6H3. The van der Waals surface area contributed by atoms with Crippen LogP contribution in [0.5, 0.6) is 0 Å². The van der Waals surface area contributed by atoms with E-state index in [0.29, 0.717) is 6.54 Å². The van der Waals surface area contributed by atoms with Gasteiger partial charge in [0.05, 0.1) is 17.8 Å². The average molecular weight is 270 g/mol. The summed E-state index contributed by atoms with van der Waals surface area (Å²) in [6, 6.07) is 0. The van der Waals surface area contributed by atoms with E-state index in [1.54, 1.807) is 25.2 Å². The highest BCUT2D eigenvalue weighted by Gasteiger charge is 2.28. The topological polar surface area (TPSA) is 51.2 Å². The average Bonchev–Trinajstić information content (AvgIpc) is 2.73. The molecular weight excluding hydrogens is 248 g/mol. The molecular formula is C13H22N2O2S. The molecule has 0 aliphatic carbocycles. The molecule has 0 aliphatic heterocycles. The molecule has 0 saturated heterocycles. The van der Waals surface area contributed by atoms with Crippen LogP contribution in [0.25, 0.3) is 0 Å². The molecule has 0 radical (unpaired) electrons. The van der Waals surface area contributed by atoms with Crippen LogP contribution in [0, 0.1) is 0 Å². The van der Waals surface area contributed by atoms with E-state index in [-0.39, 0.29) is 11.4 Å². The van der Waals surface area contributed by atoms with E-state index < -0.39 is 5.54 Å². The van der Waals surface area contributed by atoms with Crippen LogP contribution >= 0.6 is 11.3 Å². The minimum atomic E-state index is -0.694. The number of carbonyl (C=O) groups excluding carboxylic acids is 1. The minimum absolute atomic E-state index is 0.0702. The van der Waals surface area contributed by atoms with Crippen LogP contribution in [0.15, 0.2) is 5.38 Å². The molecule has 4 nitrogen and oxygen atoms in total. The molecule has 0 amide bonds. The van der Waals surface area contributed by atoms with Gasteiger partial charge in [0, 0.05) is 17.3 Å². The van der Waals surface area contributed by atoms with Gasteiger partial charge in [0.25, 0.3) is 0 Å². The molecule has 1 aromatic rings. The molecule has 0 unspecified atom stereocenters. The van der Waals surface area contributed by atoms with Crippen molar-refractivity contribution in [1.29, 1.82) is 0 Å². The first-order valence-electron chi connectivity index (χ1n) is 5.95. The Morgan fingerprint density at radius 3 is 2.44 bits per heavy atom. The first kappa shape index (κ1) is 15.1. The van der Waals surface area contributed by atoms with Crippen molar-refractivity contribution in [2.24, 2.45) is 0 Å². The molecule has 1 N–H and O–H groups in total. The van der Waals surface area contributed by atoms with Gasteiger partial charge >= 0.3 is 5.97 Å². The Labute approximate surface area is 113 Å². The normalized spacial score (nSPS) is 12.6. The zero-order valence-corrected chi connectivity index (χ0v) is 12.8. The van der Waals surface area contributed by atoms with Crippen molar-refractivity contribution >= 4 is 17.3 Å². The largest absolute Gasteiger partial charge is 0.468 e. The minimum Gasteiger partial charge on any atom is -0.468 e. The van der Waals surface area contributed by atoms with Crippen LogP contribution in [-0.4, -0.2) is 23.6 Å². The van der Waals surface area contributed by atoms with Crippen molar-refractivity contribution < 1.29 is 9.53 Å². The van der Waals surface area contributed by atoms with E-state index >= 15 is 0 Å². The van der Waals surface area contributed by atoms with Crippen molar-refractivity contribution in [3.63, 3.8) is 0 Å². The highest BCUT2D eigenvalue weighted by molar-refractivity contribution is 7.09. The van der Waals surface area contributed by atoms with Crippen molar-refractivity contribution in [2.75, 3.05) is 7.11 Å². The van der Waals surface area contributed by atoms with E-state index in [9.17, 15) is 4.79 Å². The van der Waals surface area contributed by atoms with Crippen molar-refractivity contribution in [1.82, 2.24) is 10.3 Å². The Bertz CT molecular complexity index is 419. The number of hydrogen-bond acceptors (Lipinski definition) is 5. The summed E-state index contributed by atoms with van der Waals surface area (Å²) in [4.78, 5) is 16.1. The number of nitrogens with zero attached hydrogens (tertiary/aromatic N) is 1. The van der Waals surface area contributed by atoms with Crippen LogP contribution in [0.2, 0.25) is 0 Å². The third-order valence-corrected chi connectivity index (χ3v) is 3.92. The van der Waals surface area contributed by atoms with Crippen LogP contribution in [-0.2, 0) is 21.5 Å². The predicted molar refractivity (Wildman–Crippen MR) is 73.7 cm³/mol. The molecule has 18 heavy (non-hydrogen) atoms. The highest BCUT2D eigenvalue weighted by Crippen LogP contribution is 2.25. The number of thiazole rings is 1. The van der Waals surface area contributed by atoms with Crippen LogP contribution in [0.3, 0.4) is 0 Å². The van der Waals surface area contributed by atoms with Crippen LogP contribution < -0.4 is 5.32 Å². The zero-order valence-electron chi connectivity index (χ0n) is 12.0. The van der Waals surface area contributed by atoms with E-state index in [2.05, 4.69) is 31.1 Å². The van der Waals surface area contributed by atoms with E-state index in [4.69, 9.17) is 4.74 Å². The molecule has 1 heterocycles. The lowest BCUT2D eigenvalue weighted by molar-refractivity contribution is -0.147. The van der Waals surface area contributed by atoms with Gasteiger partial charge in [-0.1, -0.05) is 20.8 Å². The lowest BCUT2D eigenvalue weighted by atomic mass is 9.98. The second kappa shape index (κ2) is 5.36. The molecule has 0 aliphatic rings. The van der Waals surface area contributed by atoms with Gasteiger partial charge in [0.2, 0.25) is 0 Å². The third kappa shape index (κ3) is 3.78. The van der Waals surface area contributed by atoms with Gasteiger partial charge in [0.15, 0.2) is 0 Å². The number of nitrogens with one attached hydrogen (secondary N) is 1. The molecule has 1 aromatic heterocycles. The number of esters is 1. The second-order valence-corrected chi connectivity index (χ2v) is 6.72. The summed E-state index contributed by atoms with van der Waals surface area (Å²) in [5.41, 5.74) is 0.336. The van der Waals surface area contributed by atoms with Gasteiger partial charge in [-0.3, -0.25) is 10.1 Å². The molecule has 5 heteroatoms. The van der Waals surface area contributed by atoms with E-state index in [1.165, 1.54) is 7.11 Å². The Balaban J connectivity index is 2.65. The maximum Gasteiger partial charge on any atom is 0.325 e. The van der Waals surface area contributed by atoms with E-state index in [0.717, 1.165) is 10.7 Å². The van der Waals surface area contributed by atoms with Crippen molar-refractivity contribution in [3.05, 3.63) is 16.1 Å². The Morgan fingerprint density at radius 1 is 1.39 bits per heavy atom. The monoisotopic (exact) mass is 270 g/mol. The summed E-state index contributed by atoms with van der Waals surface area (Å²) in [7, 11) is 1.40. The molecule has 0 aromatic carbocycles. The highest BCUT2D eigenvalue weighted by atomic mass is 32.1. The molecule has 102 valence electrons. The maximum atomic E-state index is 11.5. The Hall–Kier alpha value is -0.940. The number of carbonyl (C=O) groups is 1. The summed E-state index contributed by atoms with van der Waals surface area (Å²) in [6.45, 7) is 10.6. The SMILES string of the molecule is COC(=O)C(C)(C)NCc1csc(C(C)(C)C)n1. The summed E-state index contributed by atoms with van der Waals surface area (Å²) in [5, 5.41) is 6.30. The molecule has 0 bridgehead atoms. The molecule has 0 atom stereocenters. The quantitative estimate of drug-likeness (QED) is 0.854. The van der Waals surface area contributed by atoms with Crippen molar-refractivity contribution in [2.45, 2.75) is 52.1 Å². The van der Waals surface area contributed by atoms with Gasteiger partial charge in [-0.05, 0) is 13.8 Å². The third-order valence-electron chi connectivity index (χ3n) is 2.60. The Morgan fingerprint density at radius 2 is 2.00 bits per heavy atom. The fourth-order valence-electron chi connectivity index (χ4n) is 1.37. The summed E-state index contributed by atoms with van der Waals surface area (Å²) >= 11 is 1.65. The van der Waals surface area contributed by atoms with Crippen molar-refractivity contribution in [3.8, 4) is 0 Å². The van der Waals surface area contributed by atoms with Gasteiger partial charge in [-0.25, -0.2) is 4.98 Å². The molecule has 0 fully saturated rings. The van der Waals surface area contributed by atoms with E-state index in [1.807, 2.05) is 5.38 Å². The number of methoxy groups -OCH3 is 1. The molecule has 0 spiro atoms. The van der Waals surface area contributed by atoms with Crippen LogP contribution in [0.4, 0.5) is 0 Å². The molecule has 0 saturated carbocycles. The lowest BCUT2D eigenvalue weighted by Crippen LogP contribution is -2.47. The molecule has 1 rings (SSSR count). The Kier molecular flexibility index (Phi) is 4.50. The van der Waals surface area contributed by atoms with Gasteiger partial charge in [0.1, 0.15) is 5.54 Å². The smallest absolute Gasteiger partial charge is 0.325 e. The number of rotatable bonds is 4.